The molecule has 3 aliphatic rings. The number of fused-ring (bicyclic) bond motifs is 4. The highest BCUT2D eigenvalue weighted by Crippen LogP contribution is 2.50. The molecule has 1 heteroatoms. The predicted octanol–water partition coefficient (Wildman–Crippen LogP) is 6.50. The third-order valence-electron chi connectivity index (χ3n) is 7.60. The van der Waals surface area contributed by atoms with Crippen molar-refractivity contribution >= 4 is 10.8 Å². The second kappa shape index (κ2) is 7.03. The van der Waals surface area contributed by atoms with Crippen molar-refractivity contribution < 1.29 is 4.57 Å². The van der Waals surface area contributed by atoms with E-state index >= 15 is 0 Å². The molecule has 0 aliphatic heterocycles. The van der Waals surface area contributed by atoms with E-state index in [4.69, 9.17) is 0 Å². The molecule has 0 N–H and O–H groups in total. The highest BCUT2D eigenvalue weighted by atomic mass is 14.9. The summed E-state index contributed by atoms with van der Waals surface area (Å²) in [6.45, 7) is 4.47. The average Bonchev–Trinajstić information content (AvgIpc) is 2.75. The summed E-state index contributed by atoms with van der Waals surface area (Å²) in [5.74, 6) is 2.69. The van der Waals surface area contributed by atoms with Crippen LogP contribution in [0.2, 0.25) is 0 Å². The van der Waals surface area contributed by atoms with Crippen LogP contribution >= 0.6 is 0 Å². The lowest BCUT2D eigenvalue weighted by molar-refractivity contribution is -0.659. The Bertz CT molecular complexity index is 1020. The largest absolute Gasteiger partial charge is 0.220 e. The molecular formula is C27H32N+. The summed E-state index contributed by atoms with van der Waals surface area (Å²) in [7, 11) is 2.18. The Morgan fingerprint density at radius 1 is 0.964 bits per heavy atom. The Hall–Kier alpha value is -2.15. The van der Waals surface area contributed by atoms with Gasteiger partial charge in [-0.05, 0) is 84.6 Å². The highest BCUT2D eigenvalue weighted by molar-refractivity contribution is 5.94. The molecule has 0 amide bonds. The maximum Gasteiger partial charge on any atom is 0.220 e. The number of benzene rings is 2. The van der Waals surface area contributed by atoms with Crippen molar-refractivity contribution in [3.8, 4) is 11.3 Å². The minimum absolute atomic E-state index is 0.791. The van der Waals surface area contributed by atoms with Crippen molar-refractivity contribution in [3.63, 3.8) is 0 Å². The van der Waals surface area contributed by atoms with Gasteiger partial charge in [-0.15, -0.1) is 0 Å². The van der Waals surface area contributed by atoms with Gasteiger partial charge in [-0.2, -0.15) is 0 Å². The van der Waals surface area contributed by atoms with E-state index in [1.165, 1.54) is 65.3 Å². The molecule has 2 bridgehead atoms. The molecule has 3 aromatic rings. The van der Waals surface area contributed by atoms with E-state index < -0.39 is 0 Å². The van der Waals surface area contributed by atoms with Gasteiger partial charge in [0.15, 0.2) is 6.20 Å². The van der Waals surface area contributed by atoms with Gasteiger partial charge in [-0.1, -0.05) is 44.0 Å². The summed E-state index contributed by atoms with van der Waals surface area (Å²) >= 11 is 0. The molecule has 1 nitrogen and oxygen atoms in total. The van der Waals surface area contributed by atoms with Crippen LogP contribution in [0.4, 0.5) is 0 Å². The molecule has 3 aliphatic carbocycles. The van der Waals surface area contributed by atoms with Crippen LogP contribution in [0.15, 0.2) is 48.7 Å². The first kappa shape index (κ1) is 17.9. The molecule has 28 heavy (non-hydrogen) atoms. The maximum absolute atomic E-state index is 2.50. The number of rotatable bonds is 3. The van der Waals surface area contributed by atoms with Crippen LogP contribution in [0, 0.1) is 18.8 Å². The number of pyridine rings is 1. The molecule has 1 atom stereocenters. The molecule has 1 aromatic heterocycles. The van der Waals surface area contributed by atoms with E-state index in [9.17, 15) is 0 Å². The van der Waals surface area contributed by atoms with Crippen LogP contribution in [-0.4, -0.2) is 0 Å². The fourth-order valence-corrected chi connectivity index (χ4v) is 5.89. The van der Waals surface area contributed by atoms with Crippen LogP contribution in [0.5, 0.6) is 0 Å². The van der Waals surface area contributed by atoms with Gasteiger partial charge in [0.25, 0.3) is 0 Å². The van der Waals surface area contributed by atoms with E-state index in [1.807, 2.05) is 0 Å². The van der Waals surface area contributed by atoms with E-state index in [-0.39, 0.29) is 0 Å². The number of nitrogens with zero attached hydrogens (tertiary/aromatic N) is 1. The Kier molecular flexibility index (Phi) is 4.50. The van der Waals surface area contributed by atoms with E-state index in [0.29, 0.717) is 0 Å². The summed E-state index contributed by atoms with van der Waals surface area (Å²) in [5.41, 5.74) is 7.07. The molecule has 3 saturated carbocycles. The maximum atomic E-state index is 2.50. The fourth-order valence-electron chi connectivity index (χ4n) is 5.89. The smallest absolute Gasteiger partial charge is 0.200 e. The van der Waals surface area contributed by atoms with Crippen molar-refractivity contribution in [2.45, 2.75) is 58.3 Å². The molecule has 3 fully saturated rings. The molecule has 0 radical (unpaired) electrons. The van der Waals surface area contributed by atoms with Crippen LogP contribution in [0.1, 0.15) is 61.6 Å². The standard InChI is InChI=1S/C27H32N/c1-4-19-6-5-18(2)25(15-19)27-24-12-11-22(17-23(24)13-14-28(27)3)26-16-20-7-9-21(26)10-8-20/h5-6,11-15,17,20-21,26H,4,7-10,16H2,1-3H3/q+1. The molecule has 6 rings (SSSR count). The fraction of sp³-hybridized carbons (Fsp3) is 0.444. The van der Waals surface area contributed by atoms with Gasteiger partial charge in [0.2, 0.25) is 5.69 Å². The zero-order chi connectivity index (χ0) is 19.3. The number of hydrogen-bond acceptors (Lipinski definition) is 0. The second-order valence-electron chi connectivity index (χ2n) is 9.25. The van der Waals surface area contributed by atoms with E-state index in [2.05, 4.69) is 74.1 Å². The minimum atomic E-state index is 0.791. The first-order valence-corrected chi connectivity index (χ1v) is 11.2. The van der Waals surface area contributed by atoms with Crippen molar-refractivity contribution in [3.05, 3.63) is 65.4 Å². The van der Waals surface area contributed by atoms with Crippen molar-refractivity contribution in [1.29, 1.82) is 0 Å². The normalized spacial score (nSPS) is 24.0. The van der Waals surface area contributed by atoms with Gasteiger partial charge >= 0.3 is 0 Å². The molecule has 1 heterocycles. The quantitative estimate of drug-likeness (QED) is 0.464. The second-order valence-corrected chi connectivity index (χ2v) is 9.25. The lowest BCUT2D eigenvalue weighted by Gasteiger charge is -2.42. The first-order valence-electron chi connectivity index (χ1n) is 11.2. The SMILES string of the molecule is CCc1ccc(C)c(-c2c3ccc(C4CC5CCC4CC5)cc3cc[n+]2C)c1. The summed E-state index contributed by atoms with van der Waals surface area (Å²) in [6.07, 6.45) is 10.6. The number of aromatic nitrogens is 1. The number of aryl methyl sites for hydroxylation is 3. The van der Waals surface area contributed by atoms with Gasteiger partial charge in [-0.3, -0.25) is 0 Å². The van der Waals surface area contributed by atoms with Crippen molar-refractivity contribution in [2.75, 3.05) is 0 Å². The Labute approximate surface area is 169 Å². The average molecular weight is 371 g/mol. The van der Waals surface area contributed by atoms with Crippen LogP contribution in [0.3, 0.4) is 0 Å². The third kappa shape index (κ3) is 2.96. The molecule has 0 spiro atoms. The van der Waals surface area contributed by atoms with Gasteiger partial charge in [-0.25, -0.2) is 4.57 Å². The Morgan fingerprint density at radius 3 is 2.50 bits per heavy atom. The van der Waals surface area contributed by atoms with Crippen LogP contribution in [-0.2, 0) is 13.5 Å². The summed E-state index contributed by atoms with van der Waals surface area (Å²) in [5, 5.41) is 2.78. The molecule has 0 saturated heterocycles. The topological polar surface area (TPSA) is 3.88 Å². The summed E-state index contributed by atoms with van der Waals surface area (Å²) in [6, 6.07) is 16.6. The zero-order valence-electron chi connectivity index (χ0n) is 17.5. The first-order chi connectivity index (χ1) is 13.6. The molecular weight excluding hydrogens is 338 g/mol. The Balaban J connectivity index is 1.62. The number of hydrogen-bond donors (Lipinski definition) is 0. The minimum Gasteiger partial charge on any atom is -0.200 e. The zero-order valence-corrected chi connectivity index (χ0v) is 17.5. The van der Waals surface area contributed by atoms with E-state index in [1.54, 1.807) is 5.56 Å². The van der Waals surface area contributed by atoms with Gasteiger partial charge < -0.3 is 0 Å². The predicted molar refractivity (Wildman–Crippen MR) is 117 cm³/mol. The van der Waals surface area contributed by atoms with Gasteiger partial charge in [0.1, 0.15) is 7.05 Å². The highest BCUT2D eigenvalue weighted by Gasteiger charge is 2.36. The van der Waals surface area contributed by atoms with Crippen molar-refractivity contribution in [2.24, 2.45) is 18.9 Å². The van der Waals surface area contributed by atoms with Crippen molar-refractivity contribution in [1.82, 2.24) is 0 Å². The Morgan fingerprint density at radius 2 is 1.79 bits per heavy atom. The monoisotopic (exact) mass is 370 g/mol. The van der Waals surface area contributed by atoms with Crippen LogP contribution in [0.25, 0.3) is 22.0 Å². The van der Waals surface area contributed by atoms with Crippen LogP contribution < -0.4 is 4.57 Å². The third-order valence-corrected chi connectivity index (χ3v) is 7.60. The van der Waals surface area contributed by atoms with E-state index in [0.717, 1.165) is 24.2 Å². The summed E-state index contributed by atoms with van der Waals surface area (Å²) in [4.78, 5) is 0. The molecule has 144 valence electrons. The van der Waals surface area contributed by atoms with Gasteiger partial charge in [0.05, 0.1) is 5.39 Å². The molecule has 1 unspecified atom stereocenters. The lowest BCUT2D eigenvalue weighted by atomic mass is 9.63. The summed E-state index contributed by atoms with van der Waals surface area (Å²) < 4.78 is 2.30. The van der Waals surface area contributed by atoms with Gasteiger partial charge in [0, 0.05) is 11.6 Å². The lowest BCUT2D eigenvalue weighted by Crippen LogP contribution is -2.31. The molecule has 2 aromatic carbocycles.